The van der Waals surface area contributed by atoms with Crippen LogP contribution in [0.15, 0.2) is 64.5 Å². The molecule has 0 aliphatic rings. The van der Waals surface area contributed by atoms with Crippen molar-refractivity contribution in [2.24, 2.45) is 0 Å². The van der Waals surface area contributed by atoms with Crippen LogP contribution in [0, 0.1) is 0 Å². The molecule has 0 atom stereocenters. The minimum Gasteiger partial charge on any atom is -0.299 e. The fraction of sp³-hybridized carbons (Fsp3) is 0.158. The van der Waals surface area contributed by atoms with Gasteiger partial charge in [-0.25, -0.2) is 0 Å². The summed E-state index contributed by atoms with van der Waals surface area (Å²) in [7, 11) is 0. The van der Waals surface area contributed by atoms with E-state index in [0.29, 0.717) is 28.6 Å². The Hall–Kier alpha value is -2.93. The minimum absolute atomic E-state index is 0.0636. The molecule has 0 amide bonds. The van der Waals surface area contributed by atoms with Crippen LogP contribution in [-0.2, 0) is 11.3 Å². The highest BCUT2D eigenvalue weighted by molar-refractivity contribution is 7.99. The minimum atomic E-state index is -0.104. The number of fused-ring (bicyclic) bond motifs is 3. The van der Waals surface area contributed by atoms with Crippen LogP contribution in [0.5, 0.6) is 0 Å². The number of carbonyl (C=O) groups is 1. The molecule has 6 nitrogen and oxygen atoms in total. The first-order valence-corrected chi connectivity index (χ1v) is 9.16. The van der Waals surface area contributed by atoms with E-state index < -0.39 is 0 Å². The molecule has 0 N–H and O–H groups in total. The molecule has 4 aromatic rings. The van der Waals surface area contributed by atoms with Crippen molar-refractivity contribution in [3.05, 3.63) is 70.5 Å². The van der Waals surface area contributed by atoms with Crippen molar-refractivity contribution in [3.63, 3.8) is 0 Å². The second-order valence-electron chi connectivity index (χ2n) is 6.00. The maximum atomic E-state index is 13.0. The van der Waals surface area contributed by atoms with Gasteiger partial charge in [0.05, 0.1) is 23.2 Å². The van der Waals surface area contributed by atoms with Gasteiger partial charge in [0.15, 0.2) is 5.16 Å². The van der Waals surface area contributed by atoms with Crippen molar-refractivity contribution in [2.75, 3.05) is 5.75 Å². The van der Waals surface area contributed by atoms with Gasteiger partial charge in [-0.2, -0.15) is 0 Å². The molecule has 0 unspecified atom stereocenters. The van der Waals surface area contributed by atoms with Crippen LogP contribution >= 0.6 is 11.8 Å². The van der Waals surface area contributed by atoms with Gasteiger partial charge in [-0.3, -0.25) is 18.6 Å². The number of thioether (sulfide) groups is 1. The number of rotatable bonds is 5. The molecule has 0 bridgehead atoms. The number of para-hydroxylation sites is 1. The van der Waals surface area contributed by atoms with Crippen molar-refractivity contribution in [1.82, 2.24) is 19.2 Å². The molecular formula is C19H16N4O2S. The molecule has 2 aromatic heterocycles. The fourth-order valence-corrected chi connectivity index (χ4v) is 3.64. The molecule has 0 radical (unpaired) electrons. The highest BCUT2D eigenvalue weighted by Gasteiger charge is 2.17. The lowest BCUT2D eigenvalue weighted by atomic mass is 10.2. The van der Waals surface area contributed by atoms with Crippen LogP contribution in [0.3, 0.4) is 0 Å². The standard InChI is InChI=1S/C19H16N4O2S/c1-13(24)12-26-19-21-20-18-22(11-14-7-3-2-4-8-14)17(25)15-9-5-6-10-16(15)23(18)19/h2-10H,11-12H2,1H3. The number of carbonyl (C=O) groups excluding carboxylic acids is 1. The average Bonchev–Trinajstić information content (AvgIpc) is 3.08. The van der Waals surface area contributed by atoms with Gasteiger partial charge >= 0.3 is 0 Å². The summed E-state index contributed by atoms with van der Waals surface area (Å²) in [6.45, 7) is 1.95. The number of nitrogens with zero attached hydrogens (tertiary/aromatic N) is 4. The molecular weight excluding hydrogens is 348 g/mol. The van der Waals surface area contributed by atoms with Crippen molar-refractivity contribution in [1.29, 1.82) is 0 Å². The molecule has 0 aliphatic carbocycles. The van der Waals surface area contributed by atoms with Gasteiger partial charge in [0.2, 0.25) is 5.78 Å². The Morgan fingerprint density at radius 2 is 1.77 bits per heavy atom. The molecule has 7 heteroatoms. The topological polar surface area (TPSA) is 69.3 Å². The zero-order chi connectivity index (χ0) is 18.1. The fourth-order valence-electron chi connectivity index (χ4n) is 2.90. The van der Waals surface area contributed by atoms with E-state index >= 15 is 0 Å². The summed E-state index contributed by atoms with van der Waals surface area (Å²) in [6.07, 6.45) is 0. The Labute approximate surface area is 153 Å². The summed E-state index contributed by atoms with van der Waals surface area (Å²) in [6, 6.07) is 17.2. The molecule has 0 saturated carbocycles. The first kappa shape index (κ1) is 16.5. The number of hydrogen-bond donors (Lipinski definition) is 0. The van der Waals surface area contributed by atoms with Gasteiger partial charge in [-0.15, -0.1) is 10.2 Å². The van der Waals surface area contributed by atoms with Crippen LogP contribution in [0.2, 0.25) is 0 Å². The van der Waals surface area contributed by atoms with Crippen LogP contribution in [0.4, 0.5) is 0 Å². The third-order valence-electron chi connectivity index (χ3n) is 4.07. The van der Waals surface area contributed by atoms with E-state index in [1.807, 2.05) is 52.9 Å². The van der Waals surface area contributed by atoms with E-state index in [0.717, 1.165) is 11.1 Å². The first-order chi connectivity index (χ1) is 12.6. The quantitative estimate of drug-likeness (QED) is 0.509. The van der Waals surface area contributed by atoms with E-state index in [1.165, 1.54) is 11.8 Å². The van der Waals surface area contributed by atoms with E-state index in [1.54, 1.807) is 17.6 Å². The largest absolute Gasteiger partial charge is 0.299 e. The molecule has 26 heavy (non-hydrogen) atoms. The SMILES string of the molecule is CC(=O)CSc1nnc2n(Cc3ccccc3)c(=O)c3ccccc3n12. The summed E-state index contributed by atoms with van der Waals surface area (Å²) in [5.74, 6) is 0.852. The maximum absolute atomic E-state index is 13.0. The van der Waals surface area contributed by atoms with E-state index in [-0.39, 0.29) is 11.3 Å². The second kappa shape index (κ2) is 6.76. The Bertz CT molecular complexity index is 1160. The highest BCUT2D eigenvalue weighted by Crippen LogP contribution is 2.22. The monoisotopic (exact) mass is 364 g/mol. The van der Waals surface area contributed by atoms with E-state index in [4.69, 9.17) is 0 Å². The van der Waals surface area contributed by atoms with E-state index in [9.17, 15) is 9.59 Å². The lowest BCUT2D eigenvalue weighted by molar-refractivity contribution is -0.114. The molecule has 0 spiro atoms. The Morgan fingerprint density at radius 3 is 2.54 bits per heavy atom. The van der Waals surface area contributed by atoms with Crippen LogP contribution in [0.1, 0.15) is 12.5 Å². The second-order valence-corrected chi connectivity index (χ2v) is 6.95. The van der Waals surface area contributed by atoms with Gasteiger partial charge in [0.25, 0.3) is 5.56 Å². The van der Waals surface area contributed by atoms with Gasteiger partial charge < -0.3 is 0 Å². The van der Waals surface area contributed by atoms with Crippen LogP contribution < -0.4 is 5.56 Å². The molecule has 0 saturated heterocycles. The van der Waals surface area contributed by atoms with Crippen LogP contribution in [-0.4, -0.2) is 30.7 Å². The number of ketones is 1. The molecule has 130 valence electrons. The number of hydrogen-bond acceptors (Lipinski definition) is 5. The average molecular weight is 364 g/mol. The third-order valence-corrected chi connectivity index (χ3v) is 5.14. The molecule has 0 fully saturated rings. The Balaban J connectivity index is 1.97. The summed E-state index contributed by atoms with van der Waals surface area (Å²) >= 11 is 1.32. The van der Waals surface area contributed by atoms with Gasteiger partial charge in [-0.1, -0.05) is 54.2 Å². The van der Waals surface area contributed by atoms with Crippen molar-refractivity contribution in [3.8, 4) is 0 Å². The lowest BCUT2D eigenvalue weighted by Gasteiger charge is -2.11. The van der Waals surface area contributed by atoms with Gasteiger partial charge in [0, 0.05) is 0 Å². The number of benzene rings is 2. The summed E-state index contributed by atoms with van der Waals surface area (Å²) < 4.78 is 3.48. The Morgan fingerprint density at radius 1 is 1.04 bits per heavy atom. The first-order valence-electron chi connectivity index (χ1n) is 8.18. The van der Waals surface area contributed by atoms with Crippen molar-refractivity contribution in [2.45, 2.75) is 18.6 Å². The lowest BCUT2D eigenvalue weighted by Crippen LogP contribution is -2.24. The third kappa shape index (κ3) is 2.90. The van der Waals surface area contributed by atoms with E-state index in [2.05, 4.69) is 10.2 Å². The summed E-state index contributed by atoms with van der Waals surface area (Å²) in [5.41, 5.74) is 1.65. The maximum Gasteiger partial charge on any atom is 0.263 e. The zero-order valence-electron chi connectivity index (χ0n) is 14.1. The van der Waals surface area contributed by atoms with Crippen molar-refractivity contribution >= 4 is 34.2 Å². The smallest absolute Gasteiger partial charge is 0.263 e. The van der Waals surface area contributed by atoms with Crippen molar-refractivity contribution < 1.29 is 4.79 Å². The number of Topliss-reactive ketones (excluding diaryl/α,β-unsaturated/α-hetero) is 1. The highest BCUT2D eigenvalue weighted by atomic mass is 32.2. The Kier molecular flexibility index (Phi) is 4.30. The zero-order valence-corrected chi connectivity index (χ0v) is 14.9. The molecule has 4 rings (SSSR count). The van der Waals surface area contributed by atoms with Gasteiger partial charge in [0.1, 0.15) is 5.78 Å². The summed E-state index contributed by atoms with van der Waals surface area (Å²) in [4.78, 5) is 24.4. The number of aromatic nitrogens is 4. The predicted octanol–water partition coefficient (Wildman–Crippen LogP) is 2.77. The summed E-state index contributed by atoms with van der Waals surface area (Å²) in [5, 5.41) is 9.67. The van der Waals surface area contributed by atoms with Gasteiger partial charge in [-0.05, 0) is 24.6 Å². The normalized spacial score (nSPS) is 11.3. The molecule has 2 heterocycles. The van der Waals surface area contributed by atoms with Crippen LogP contribution in [0.25, 0.3) is 16.7 Å². The predicted molar refractivity (Wildman–Crippen MR) is 102 cm³/mol. The molecule has 0 aliphatic heterocycles. The molecule has 2 aromatic carbocycles.